The molecule has 0 aromatic heterocycles. The van der Waals surface area contributed by atoms with Gasteiger partial charge in [-0.15, -0.1) is 0 Å². The van der Waals surface area contributed by atoms with Gasteiger partial charge in [0.25, 0.3) is 11.8 Å². The summed E-state index contributed by atoms with van der Waals surface area (Å²) in [7, 11) is -4.33. The van der Waals surface area contributed by atoms with Gasteiger partial charge in [-0.1, -0.05) is 56.8 Å². The first-order valence-electron chi connectivity index (χ1n) is 10.1. The van der Waals surface area contributed by atoms with Crippen LogP contribution < -0.4 is 14.4 Å². The second-order valence-electron chi connectivity index (χ2n) is 7.59. The fourth-order valence-electron chi connectivity index (χ4n) is 3.28. The molecule has 0 radical (unpaired) electrons. The third kappa shape index (κ3) is 5.31. The second kappa shape index (κ2) is 10.1. The van der Waals surface area contributed by atoms with Crippen LogP contribution in [0.4, 0.5) is 10.5 Å². The normalized spacial score (nSPS) is 15.3. The molecule has 0 bridgehead atoms. The summed E-state index contributed by atoms with van der Waals surface area (Å²) in [5, 5.41) is 2.02. The lowest BCUT2D eigenvalue weighted by Crippen LogP contribution is -2.54. The largest absolute Gasteiger partial charge is 0.377 e. The fourth-order valence-corrected chi connectivity index (χ4v) is 5.10. The average Bonchev–Trinajstić information content (AvgIpc) is 2.80. The Morgan fingerprint density at radius 2 is 1.61 bits per heavy atom. The monoisotopic (exact) mass is 608 g/mol. The number of aryl methyl sites for hydroxylation is 1. The molecule has 0 atom stereocenters. The van der Waals surface area contributed by atoms with Crippen LogP contribution in [0.15, 0.2) is 75.6 Å². The van der Waals surface area contributed by atoms with E-state index in [4.69, 9.17) is 27.4 Å². The minimum absolute atomic E-state index is 0.0632. The highest BCUT2D eigenvalue weighted by Gasteiger charge is 2.37. The van der Waals surface area contributed by atoms with Gasteiger partial charge >= 0.3 is 16.1 Å². The number of carbonyl (C=O) groups excluding carboxylic acids is 3. The number of nitrogens with one attached hydrogen (secondary N) is 1. The van der Waals surface area contributed by atoms with Crippen LogP contribution in [0.2, 0.25) is 10.0 Å². The summed E-state index contributed by atoms with van der Waals surface area (Å²) in [4.78, 5) is 38.9. The number of urea groups is 1. The summed E-state index contributed by atoms with van der Waals surface area (Å²) in [6.07, 6.45) is 1.06. The Labute approximate surface area is 224 Å². The molecular weight excluding hydrogens is 595 g/mol. The van der Waals surface area contributed by atoms with Gasteiger partial charge in [-0.3, -0.25) is 14.9 Å². The van der Waals surface area contributed by atoms with Crippen molar-refractivity contribution in [3.05, 3.63) is 91.9 Å². The molecule has 1 saturated heterocycles. The number of rotatable bonds is 5. The predicted molar refractivity (Wildman–Crippen MR) is 139 cm³/mol. The molecule has 12 heteroatoms. The average molecular weight is 610 g/mol. The highest BCUT2D eigenvalue weighted by atomic mass is 79.9. The maximum absolute atomic E-state index is 13.2. The summed E-state index contributed by atoms with van der Waals surface area (Å²) in [5.74, 6) is -2.27. The molecular formula is C24H15BrCl2N2O6S. The molecule has 1 aliphatic rings. The zero-order valence-corrected chi connectivity index (χ0v) is 22.2. The van der Waals surface area contributed by atoms with Crippen LogP contribution in [0, 0.1) is 6.92 Å². The molecule has 0 saturated carbocycles. The van der Waals surface area contributed by atoms with E-state index in [0.29, 0.717) is 4.47 Å². The molecule has 8 nitrogen and oxygen atoms in total. The molecule has 4 amide bonds. The van der Waals surface area contributed by atoms with E-state index in [0.717, 1.165) is 16.5 Å². The van der Waals surface area contributed by atoms with Crippen molar-refractivity contribution >= 4 is 78.9 Å². The number of barbiturate groups is 1. The van der Waals surface area contributed by atoms with Crippen LogP contribution in [0.1, 0.15) is 11.1 Å². The Bertz CT molecular complexity index is 1540. The first-order valence-corrected chi connectivity index (χ1v) is 13.1. The van der Waals surface area contributed by atoms with Gasteiger partial charge in [-0.25, -0.2) is 9.69 Å². The van der Waals surface area contributed by atoms with Crippen LogP contribution in [0.25, 0.3) is 6.08 Å². The van der Waals surface area contributed by atoms with Gasteiger partial charge in [0, 0.05) is 15.1 Å². The highest BCUT2D eigenvalue weighted by molar-refractivity contribution is 9.10. The third-order valence-electron chi connectivity index (χ3n) is 5.03. The molecule has 36 heavy (non-hydrogen) atoms. The lowest BCUT2D eigenvalue weighted by molar-refractivity contribution is -0.122. The zero-order chi connectivity index (χ0) is 26.2. The first-order chi connectivity index (χ1) is 17.0. The van der Waals surface area contributed by atoms with Crippen molar-refractivity contribution in [3.8, 4) is 5.75 Å². The summed E-state index contributed by atoms with van der Waals surface area (Å²) in [5.41, 5.74) is 0.525. The lowest BCUT2D eigenvalue weighted by atomic mass is 10.1. The van der Waals surface area contributed by atoms with Crippen molar-refractivity contribution in [2.45, 2.75) is 11.8 Å². The van der Waals surface area contributed by atoms with Gasteiger partial charge in [0.15, 0.2) is 5.75 Å². The van der Waals surface area contributed by atoms with Gasteiger partial charge < -0.3 is 4.18 Å². The van der Waals surface area contributed by atoms with Crippen LogP contribution in [0.3, 0.4) is 0 Å². The predicted octanol–water partition coefficient (Wildman–Crippen LogP) is 5.50. The van der Waals surface area contributed by atoms with Crippen LogP contribution in [-0.4, -0.2) is 26.3 Å². The van der Waals surface area contributed by atoms with Crippen LogP contribution >= 0.6 is 39.1 Å². The van der Waals surface area contributed by atoms with Crippen molar-refractivity contribution in [3.63, 3.8) is 0 Å². The Morgan fingerprint density at radius 1 is 0.972 bits per heavy atom. The summed E-state index contributed by atoms with van der Waals surface area (Å²) >= 11 is 15.6. The van der Waals surface area contributed by atoms with E-state index in [-0.39, 0.29) is 31.9 Å². The summed E-state index contributed by atoms with van der Waals surface area (Å²) in [6.45, 7) is 1.80. The minimum atomic E-state index is -4.33. The lowest BCUT2D eigenvalue weighted by Gasteiger charge is -2.26. The molecule has 3 aromatic rings. The Hall–Kier alpha value is -3.18. The van der Waals surface area contributed by atoms with Crippen molar-refractivity contribution in [2.75, 3.05) is 4.90 Å². The molecule has 4 rings (SSSR count). The minimum Gasteiger partial charge on any atom is -0.377 e. The Morgan fingerprint density at radius 3 is 2.25 bits per heavy atom. The summed E-state index contributed by atoms with van der Waals surface area (Å²) < 4.78 is 31.8. The zero-order valence-electron chi connectivity index (χ0n) is 18.3. The topological polar surface area (TPSA) is 110 Å². The highest BCUT2D eigenvalue weighted by Crippen LogP contribution is 2.36. The number of nitrogens with zero attached hydrogens (tertiary/aromatic N) is 1. The van der Waals surface area contributed by atoms with E-state index in [1.54, 1.807) is 31.2 Å². The number of anilines is 1. The molecule has 0 spiro atoms. The maximum Gasteiger partial charge on any atom is 0.339 e. The van der Waals surface area contributed by atoms with Crippen molar-refractivity contribution in [1.82, 2.24) is 5.32 Å². The van der Waals surface area contributed by atoms with Gasteiger partial charge in [-0.05, 0) is 61.5 Å². The maximum atomic E-state index is 13.2. The Balaban J connectivity index is 1.78. The van der Waals surface area contributed by atoms with Gasteiger partial charge in [0.2, 0.25) is 0 Å². The smallest absolute Gasteiger partial charge is 0.339 e. The van der Waals surface area contributed by atoms with Gasteiger partial charge in [0.05, 0.1) is 10.7 Å². The van der Waals surface area contributed by atoms with E-state index in [1.807, 2.05) is 0 Å². The standard InChI is InChI=1S/C24H15BrCl2N2O6S/c1-13-2-8-18(9-3-13)36(33,34)35-21-14(10-16(26)12-20(21)27)11-19-22(30)28-24(32)29(23(19)31)17-6-4-15(25)5-7-17/h2-12H,1H3,(H,28,30,32)/b19-11+. The van der Waals surface area contributed by atoms with Gasteiger partial charge in [0.1, 0.15) is 10.5 Å². The van der Waals surface area contributed by atoms with Crippen LogP contribution in [0.5, 0.6) is 5.75 Å². The van der Waals surface area contributed by atoms with E-state index < -0.39 is 33.5 Å². The molecule has 3 aromatic carbocycles. The Kier molecular flexibility index (Phi) is 7.24. The quantitative estimate of drug-likeness (QED) is 0.232. The molecule has 1 N–H and O–H groups in total. The van der Waals surface area contributed by atoms with Crippen molar-refractivity contribution < 1.29 is 27.0 Å². The third-order valence-corrected chi connectivity index (χ3v) is 7.29. The molecule has 0 unspecified atom stereocenters. The molecule has 1 aliphatic heterocycles. The van der Waals surface area contributed by atoms with Crippen molar-refractivity contribution in [2.24, 2.45) is 0 Å². The number of hydrogen-bond donors (Lipinski definition) is 1. The fraction of sp³-hybridized carbons (Fsp3) is 0.0417. The van der Waals surface area contributed by atoms with Gasteiger partial charge in [-0.2, -0.15) is 8.42 Å². The number of amides is 4. The van der Waals surface area contributed by atoms with E-state index in [9.17, 15) is 22.8 Å². The summed E-state index contributed by atoms with van der Waals surface area (Å²) in [6, 6.07) is 13.8. The first kappa shape index (κ1) is 25.9. The SMILES string of the molecule is Cc1ccc(S(=O)(=O)Oc2c(Cl)cc(Cl)cc2/C=C2\C(=O)NC(=O)N(c3ccc(Br)cc3)C2=O)cc1. The molecule has 1 heterocycles. The number of imide groups is 2. The van der Waals surface area contributed by atoms with Crippen molar-refractivity contribution in [1.29, 1.82) is 0 Å². The van der Waals surface area contributed by atoms with E-state index in [1.165, 1.54) is 36.4 Å². The second-order valence-corrected chi connectivity index (χ2v) is 10.9. The molecule has 184 valence electrons. The number of benzene rings is 3. The van der Waals surface area contributed by atoms with Crippen LogP contribution in [-0.2, 0) is 19.7 Å². The number of carbonyl (C=O) groups is 3. The van der Waals surface area contributed by atoms with E-state index >= 15 is 0 Å². The van der Waals surface area contributed by atoms with E-state index in [2.05, 4.69) is 21.2 Å². The molecule has 0 aliphatic carbocycles. The number of hydrogen-bond acceptors (Lipinski definition) is 6. The number of halogens is 3. The molecule has 1 fully saturated rings.